The second kappa shape index (κ2) is 3.60. The molecule has 1 aliphatic heterocycles. The average molecular weight is 234 g/mol. The van der Waals surface area contributed by atoms with Gasteiger partial charge in [-0.2, -0.15) is 0 Å². The van der Waals surface area contributed by atoms with Crippen molar-refractivity contribution < 1.29 is 9.53 Å². The fraction of sp³-hybridized carbons (Fsp3) is 0.800. The number of fused-ring (bicyclic) bond motifs is 3. The zero-order valence-corrected chi connectivity index (χ0v) is 11.1. The molecule has 0 unspecified atom stereocenters. The summed E-state index contributed by atoms with van der Waals surface area (Å²) < 4.78 is 5.69. The number of esters is 1. The lowest BCUT2D eigenvalue weighted by atomic mass is 9.59. The molecule has 94 valence electrons. The van der Waals surface area contributed by atoms with Gasteiger partial charge in [-0.25, -0.2) is 0 Å². The van der Waals surface area contributed by atoms with E-state index in [1.165, 1.54) is 36.8 Å². The summed E-state index contributed by atoms with van der Waals surface area (Å²) in [5.74, 6) is 0.570. The number of allylic oxidation sites excluding steroid dienone is 1. The van der Waals surface area contributed by atoms with Crippen molar-refractivity contribution >= 4 is 5.97 Å². The number of carbonyl (C=O) groups is 1. The maximum absolute atomic E-state index is 11.8. The van der Waals surface area contributed by atoms with Crippen LogP contribution in [0.15, 0.2) is 11.1 Å². The van der Waals surface area contributed by atoms with Crippen molar-refractivity contribution in [3.63, 3.8) is 0 Å². The molecule has 1 saturated heterocycles. The Morgan fingerprint density at radius 1 is 1.35 bits per heavy atom. The Kier molecular flexibility index (Phi) is 2.39. The molecule has 17 heavy (non-hydrogen) atoms. The fourth-order valence-electron chi connectivity index (χ4n) is 4.29. The van der Waals surface area contributed by atoms with Crippen molar-refractivity contribution in [2.45, 2.75) is 59.0 Å². The van der Waals surface area contributed by atoms with Gasteiger partial charge in [-0.15, -0.1) is 0 Å². The molecule has 2 nitrogen and oxygen atoms in total. The van der Waals surface area contributed by atoms with Gasteiger partial charge >= 0.3 is 5.97 Å². The third-order valence-corrected chi connectivity index (χ3v) is 5.35. The predicted molar refractivity (Wildman–Crippen MR) is 66.4 cm³/mol. The Hall–Kier alpha value is -0.790. The number of rotatable bonds is 0. The van der Waals surface area contributed by atoms with Gasteiger partial charge in [0.2, 0.25) is 0 Å². The van der Waals surface area contributed by atoms with Crippen LogP contribution >= 0.6 is 0 Å². The maximum Gasteiger partial charge on any atom is 0.309 e. The highest BCUT2D eigenvalue weighted by Gasteiger charge is 2.52. The first-order chi connectivity index (χ1) is 8.03. The standard InChI is InChI=1S/C15H22O2/c1-9-5-4-7-15(3)8-6-11-10(2)14(16)17-13(11)12(9)15/h10-11,13H,4-8H2,1-3H3/t10-,11-,13+,15+/m0/s1. The molecular weight excluding hydrogens is 212 g/mol. The van der Waals surface area contributed by atoms with Crippen molar-refractivity contribution in [1.82, 2.24) is 0 Å². The Morgan fingerprint density at radius 2 is 2.12 bits per heavy atom. The highest BCUT2D eigenvalue weighted by Crippen LogP contribution is 2.55. The SMILES string of the molecule is CC1=C2[C@@H]3OC(=O)[C@@H](C)[C@@H]3CC[C@@]2(C)CCC1. The third kappa shape index (κ3) is 1.49. The maximum atomic E-state index is 11.8. The van der Waals surface area contributed by atoms with Crippen LogP contribution in [0.1, 0.15) is 52.9 Å². The molecule has 2 aliphatic carbocycles. The molecule has 0 radical (unpaired) electrons. The van der Waals surface area contributed by atoms with Gasteiger partial charge in [0, 0.05) is 5.92 Å². The summed E-state index contributed by atoms with van der Waals surface area (Å²) >= 11 is 0. The van der Waals surface area contributed by atoms with Crippen LogP contribution in [0.4, 0.5) is 0 Å². The van der Waals surface area contributed by atoms with E-state index in [-0.39, 0.29) is 18.0 Å². The molecule has 1 heterocycles. The minimum Gasteiger partial charge on any atom is -0.457 e. The smallest absolute Gasteiger partial charge is 0.309 e. The van der Waals surface area contributed by atoms with Crippen LogP contribution in [0.25, 0.3) is 0 Å². The fourth-order valence-corrected chi connectivity index (χ4v) is 4.29. The highest BCUT2D eigenvalue weighted by molar-refractivity contribution is 5.75. The number of hydrogen-bond acceptors (Lipinski definition) is 2. The topological polar surface area (TPSA) is 26.3 Å². The molecule has 3 aliphatic rings. The molecule has 0 aromatic carbocycles. The summed E-state index contributed by atoms with van der Waals surface area (Å²) in [7, 11) is 0. The van der Waals surface area contributed by atoms with Crippen molar-refractivity contribution in [2.75, 3.05) is 0 Å². The van der Waals surface area contributed by atoms with Gasteiger partial charge in [0.15, 0.2) is 0 Å². The van der Waals surface area contributed by atoms with E-state index in [4.69, 9.17) is 4.74 Å². The summed E-state index contributed by atoms with van der Waals surface area (Å²) in [6.45, 7) is 6.65. The molecule has 3 rings (SSSR count). The Bertz CT molecular complexity index is 396. The Morgan fingerprint density at radius 3 is 2.88 bits per heavy atom. The minimum absolute atomic E-state index is 0.0233. The second-order valence-electron chi connectivity index (χ2n) is 6.46. The average Bonchev–Trinajstić information content (AvgIpc) is 2.54. The van der Waals surface area contributed by atoms with Gasteiger partial charge in [-0.05, 0) is 50.0 Å². The normalized spacial score (nSPS) is 45.4. The Labute approximate surface area is 103 Å². The predicted octanol–water partition coefficient (Wildman–Crippen LogP) is 3.46. The molecule has 0 N–H and O–H groups in total. The summed E-state index contributed by atoms with van der Waals surface area (Å²) in [6, 6.07) is 0. The third-order valence-electron chi connectivity index (χ3n) is 5.35. The van der Waals surface area contributed by atoms with E-state index >= 15 is 0 Å². The van der Waals surface area contributed by atoms with Gasteiger partial charge in [0.25, 0.3) is 0 Å². The highest BCUT2D eigenvalue weighted by atomic mass is 16.6. The van der Waals surface area contributed by atoms with Crippen molar-refractivity contribution in [1.29, 1.82) is 0 Å². The number of hydrogen-bond donors (Lipinski definition) is 0. The zero-order chi connectivity index (χ0) is 12.2. The van der Waals surface area contributed by atoms with E-state index in [1.807, 2.05) is 6.92 Å². The van der Waals surface area contributed by atoms with Crippen LogP contribution in [0.2, 0.25) is 0 Å². The van der Waals surface area contributed by atoms with Gasteiger partial charge in [-0.1, -0.05) is 19.4 Å². The summed E-state index contributed by atoms with van der Waals surface area (Å²) in [5, 5.41) is 0. The van der Waals surface area contributed by atoms with Gasteiger partial charge < -0.3 is 4.74 Å². The quantitative estimate of drug-likeness (QED) is 0.474. The molecule has 0 aromatic heterocycles. The largest absolute Gasteiger partial charge is 0.457 e. The Balaban J connectivity index is 2.03. The van der Waals surface area contributed by atoms with Crippen molar-refractivity contribution in [3.05, 3.63) is 11.1 Å². The van der Waals surface area contributed by atoms with E-state index in [0.29, 0.717) is 11.3 Å². The lowest BCUT2D eigenvalue weighted by Gasteiger charge is -2.46. The molecule has 4 atom stereocenters. The molecule has 0 aromatic rings. The van der Waals surface area contributed by atoms with Crippen LogP contribution in [-0.4, -0.2) is 12.1 Å². The molecule has 0 bridgehead atoms. The monoisotopic (exact) mass is 234 g/mol. The molecule has 2 heteroatoms. The molecule has 2 fully saturated rings. The summed E-state index contributed by atoms with van der Waals surface area (Å²) in [6.07, 6.45) is 6.27. The number of ether oxygens (including phenoxy) is 1. The number of carbonyl (C=O) groups excluding carboxylic acids is 1. The van der Waals surface area contributed by atoms with Gasteiger partial charge in [-0.3, -0.25) is 4.79 Å². The first-order valence-electron chi connectivity index (χ1n) is 6.93. The lowest BCUT2D eigenvalue weighted by Crippen LogP contribution is -2.40. The molecule has 0 spiro atoms. The van der Waals surface area contributed by atoms with E-state index < -0.39 is 0 Å². The molecular formula is C15H22O2. The summed E-state index contributed by atoms with van der Waals surface area (Å²) in [5.41, 5.74) is 3.29. The van der Waals surface area contributed by atoms with Crippen molar-refractivity contribution in [3.8, 4) is 0 Å². The van der Waals surface area contributed by atoms with E-state index in [9.17, 15) is 4.79 Å². The van der Waals surface area contributed by atoms with Crippen LogP contribution < -0.4 is 0 Å². The van der Waals surface area contributed by atoms with Crippen molar-refractivity contribution in [2.24, 2.45) is 17.3 Å². The van der Waals surface area contributed by atoms with Crippen LogP contribution in [0.5, 0.6) is 0 Å². The van der Waals surface area contributed by atoms with E-state index in [2.05, 4.69) is 13.8 Å². The van der Waals surface area contributed by atoms with Crippen LogP contribution in [-0.2, 0) is 9.53 Å². The second-order valence-corrected chi connectivity index (χ2v) is 6.46. The first kappa shape index (κ1) is 11.3. The first-order valence-corrected chi connectivity index (χ1v) is 6.93. The molecule has 1 saturated carbocycles. The van der Waals surface area contributed by atoms with Gasteiger partial charge in [0.05, 0.1) is 5.92 Å². The van der Waals surface area contributed by atoms with Gasteiger partial charge in [0.1, 0.15) is 6.10 Å². The summed E-state index contributed by atoms with van der Waals surface area (Å²) in [4.78, 5) is 11.8. The van der Waals surface area contributed by atoms with E-state index in [0.717, 1.165) is 6.42 Å². The zero-order valence-electron chi connectivity index (χ0n) is 11.1. The minimum atomic E-state index is 0.0233. The molecule has 0 amide bonds. The van der Waals surface area contributed by atoms with Crippen LogP contribution in [0, 0.1) is 17.3 Å². The lowest BCUT2D eigenvalue weighted by molar-refractivity contribution is -0.143. The van der Waals surface area contributed by atoms with Crippen LogP contribution in [0.3, 0.4) is 0 Å². The van der Waals surface area contributed by atoms with E-state index in [1.54, 1.807) is 0 Å².